The molecule has 4 rings (SSSR count). The number of fused-ring (bicyclic) bond motifs is 2. The van der Waals surface area contributed by atoms with Gasteiger partial charge < -0.3 is 15.5 Å². The Balaban J connectivity index is 0.000000220. The monoisotopic (exact) mass is 547 g/mol. The Morgan fingerprint density at radius 1 is 0.775 bits per heavy atom. The first-order chi connectivity index (χ1) is 18.2. The second kappa shape index (κ2) is 11.2. The number of carbonyl (C=O) groups excluding carboxylic acids is 2. The van der Waals surface area contributed by atoms with Gasteiger partial charge in [0.2, 0.25) is 0 Å². The molecule has 0 saturated carbocycles. The summed E-state index contributed by atoms with van der Waals surface area (Å²) in [6.07, 6.45) is 1.23. The third kappa shape index (κ3) is 7.67. The summed E-state index contributed by atoms with van der Waals surface area (Å²) < 4.78 is 0. The van der Waals surface area contributed by atoms with Crippen molar-refractivity contribution in [2.45, 2.75) is 118 Å². The molecule has 0 saturated heterocycles. The molecule has 40 heavy (non-hydrogen) atoms. The van der Waals surface area contributed by atoms with Crippen LogP contribution in [0.15, 0.2) is 36.4 Å². The molecule has 0 spiro atoms. The van der Waals surface area contributed by atoms with Gasteiger partial charge in [0.15, 0.2) is 0 Å². The highest BCUT2D eigenvalue weighted by atomic mass is 16.1. The molecule has 0 aliphatic carbocycles. The number of carbonyl (C=O) groups is 2. The van der Waals surface area contributed by atoms with Gasteiger partial charge in [-0.3, -0.25) is 9.59 Å². The van der Waals surface area contributed by atoms with Crippen molar-refractivity contribution in [3.63, 3.8) is 0 Å². The fourth-order valence-corrected chi connectivity index (χ4v) is 5.17. The normalized spacial score (nSPS) is 18.3. The van der Waals surface area contributed by atoms with Gasteiger partial charge in [-0.05, 0) is 71.9 Å². The topological polar surface area (TPSA) is 61.4 Å². The SMILES string of the molecule is CC(C)(C)c1ccc2c(c1)N(C(C)(C)C)CCC(=O)C2.CC(C)(C)c1ccc2c(c1)NC(C(C)(C)C)CNC2=O. The molecule has 0 fully saturated rings. The van der Waals surface area contributed by atoms with Gasteiger partial charge in [0.25, 0.3) is 5.91 Å². The Morgan fingerprint density at radius 2 is 1.35 bits per heavy atom. The molecular weight excluding hydrogens is 494 g/mol. The third-order valence-corrected chi connectivity index (χ3v) is 8.03. The second-order valence-electron chi connectivity index (χ2n) is 15.7. The molecule has 2 aliphatic rings. The summed E-state index contributed by atoms with van der Waals surface area (Å²) in [5, 5.41) is 6.57. The second-order valence-corrected chi connectivity index (χ2v) is 15.7. The van der Waals surface area contributed by atoms with Gasteiger partial charge in [0, 0.05) is 48.9 Å². The lowest BCUT2D eigenvalue weighted by Gasteiger charge is -2.38. The number of ketones is 1. The van der Waals surface area contributed by atoms with Crippen LogP contribution in [-0.4, -0.2) is 36.4 Å². The summed E-state index contributed by atoms with van der Waals surface area (Å²) in [5.41, 5.74) is 7.03. The molecule has 0 radical (unpaired) electrons. The van der Waals surface area contributed by atoms with E-state index < -0.39 is 0 Å². The maximum absolute atomic E-state index is 12.2. The standard InChI is InChI=1S/C18H27NO.C17H26N2O/c1-17(2,3)14-8-7-13-11-15(20)9-10-19(16(13)12-14)18(4,5)6;1-16(2,3)11-7-8-12-13(9-11)19-14(17(4,5)6)10-18-15(12)20/h7-8,12H,9-11H2,1-6H3;7-9,14,19H,10H2,1-6H3,(H,18,20). The van der Waals surface area contributed by atoms with E-state index in [0.29, 0.717) is 25.2 Å². The van der Waals surface area contributed by atoms with Gasteiger partial charge in [0.05, 0.1) is 5.56 Å². The number of nitrogens with zero attached hydrogens (tertiary/aromatic N) is 1. The summed E-state index contributed by atoms with van der Waals surface area (Å²) in [7, 11) is 0. The van der Waals surface area contributed by atoms with Crippen molar-refractivity contribution < 1.29 is 9.59 Å². The zero-order valence-electron chi connectivity index (χ0n) is 27.1. The number of nitrogens with one attached hydrogen (secondary N) is 2. The minimum absolute atomic E-state index is 0.0136. The molecule has 1 atom stereocenters. The van der Waals surface area contributed by atoms with Crippen molar-refractivity contribution in [1.82, 2.24) is 5.32 Å². The summed E-state index contributed by atoms with van der Waals surface area (Å²) in [6, 6.07) is 13.0. The maximum Gasteiger partial charge on any atom is 0.253 e. The average Bonchev–Trinajstić information content (AvgIpc) is 3.08. The predicted octanol–water partition coefficient (Wildman–Crippen LogP) is 7.66. The Labute approximate surface area is 243 Å². The van der Waals surface area contributed by atoms with E-state index in [2.05, 4.69) is 129 Å². The largest absolute Gasteiger partial charge is 0.379 e. The molecule has 2 aromatic rings. The van der Waals surface area contributed by atoms with Gasteiger partial charge in [-0.1, -0.05) is 80.5 Å². The molecule has 0 bridgehead atoms. The fraction of sp³-hybridized carbons (Fsp3) is 0.600. The van der Waals surface area contributed by atoms with Crippen molar-refractivity contribution >= 4 is 23.1 Å². The molecule has 5 nitrogen and oxygen atoms in total. The van der Waals surface area contributed by atoms with E-state index in [-0.39, 0.29) is 33.7 Å². The van der Waals surface area contributed by atoms with E-state index >= 15 is 0 Å². The predicted molar refractivity (Wildman–Crippen MR) is 170 cm³/mol. The molecule has 0 aromatic heterocycles. The van der Waals surface area contributed by atoms with Gasteiger partial charge >= 0.3 is 0 Å². The number of amides is 1. The number of hydrogen-bond acceptors (Lipinski definition) is 4. The zero-order chi connectivity index (χ0) is 30.3. The van der Waals surface area contributed by atoms with Crippen LogP contribution in [0.3, 0.4) is 0 Å². The third-order valence-electron chi connectivity index (χ3n) is 8.03. The molecule has 220 valence electrons. The Morgan fingerprint density at radius 3 is 1.90 bits per heavy atom. The molecule has 1 amide bonds. The minimum atomic E-state index is 0.0136. The van der Waals surface area contributed by atoms with Crippen LogP contribution in [0, 0.1) is 5.41 Å². The maximum atomic E-state index is 12.2. The summed E-state index contributed by atoms with van der Waals surface area (Å²) in [4.78, 5) is 26.6. The molecule has 2 aliphatic heterocycles. The van der Waals surface area contributed by atoms with Crippen LogP contribution in [0.25, 0.3) is 0 Å². The summed E-state index contributed by atoms with van der Waals surface area (Å²) in [5.74, 6) is 0.362. The van der Waals surface area contributed by atoms with Gasteiger partial charge in [-0.15, -0.1) is 0 Å². The number of benzene rings is 2. The lowest BCUT2D eigenvalue weighted by Crippen LogP contribution is -2.42. The highest BCUT2D eigenvalue weighted by molar-refractivity contribution is 6.00. The van der Waals surface area contributed by atoms with Crippen molar-refractivity contribution in [2.24, 2.45) is 5.41 Å². The van der Waals surface area contributed by atoms with Gasteiger partial charge in [0.1, 0.15) is 5.78 Å². The Bertz CT molecular complexity index is 1230. The number of Topliss-reactive ketones (excluding diaryl/α,β-unsaturated/α-hetero) is 1. The van der Waals surface area contributed by atoms with E-state index in [0.717, 1.165) is 17.8 Å². The number of rotatable bonds is 0. The van der Waals surface area contributed by atoms with Gasteiger partial charge in [-0.2, -0.15) is 0 Å². The highest BCUT2D eigenvalue weighted by Crippen LogP contribution is 2.35. The van der Waals surface area contributed by atoms with Crippen molar-refractivity contribution in [2.75, 3.05) is 23.3 Å². The lowest BCUT2D eigenvalue weighted by atomic mass is 9.85. The summed E-state index contributed by atoms with van der Waals surface area (Å²) >= 11 is 0. The van der Waals surface area contributed by atoms with Crippen molar-refractivity contribution in [1.29, 1.82) is 0 Å². The van der Waals surface area contributed by atoms with E-state index in [4.69, 9.17) is 0 Å². The molecular formula is C35H53N3O2. The van der Waals surface area contributed by atoms with Crippen LogP contribution in [0.4, 0.5) is 11.4 Å². The van der Waals surface area contributed by atoms with Crippen LogP contribution in [0.5, 0.6) is 0 Å². The molecule has 2 N–H and O–H groups in total. The molecule has 5 heteroatoms. The Hall–Kier alpha value is -2.82. The fourth-order valence-electron chi connectivity index (χ4n) is 5.17. The van der Waals surface area contributed by atoms with Crippen molar-refractivity contribution in [3.05, 3.63) is 58.7 Å². The first-order valence-electron chi connectivity index (χ1n) is 14.8. The van der Waals surface area contributed by atoms with E-state index in [1.165, 1.54) is 22.4 Å². The smallest absolute Gasteiger partial charge is 0.253 e. The molecule has 2 aromatic carbocycles. The number of anilines is 2. The Kier molecular flexibility index (Phi) is 8.89. The number of hydrogen-bond donors (Lipinski definition) is 2. The molecule has 2 heterocycles. The average molecular weight is 548 g/mol. The lowest BCUT2D eigenvalue weighted by molar-refractivity contribution is -0.118. The molecule has 1 unspecified atom stereocenters. The summed E-state index contributed by atoms with van der Waals surface area (Å²) in [6.45, 7) is 28.0. The van der Waals surface area contributed by atoms with Crippen LogP contribution in [0.1, 0.15) is 117 Å². The van der Waals surface area contributed by atoms with Crippen LogP contribution >= 0.6 is 0 Å². The van der Waals surface area contributed by atoms with E-state index in [9.17, 15) is 9.59 Å². The first-order valence-corrected chi connectivity index (χ1v) is 14.8. The van der Waals surface area contributed by atoms with Crippen LogP contribution < -0.4 is 15.5 Å². The van der Waals surface area contributed by atoms with Crippen LogP contribution in [-0.2, 0) is 22.0 Å². The zero-order valence-corrected chi connectivity index (χ0v) is 27.1. The van der Waals surface area contributed by atoms with Crippen molar-refractivity contribution in [3.8, 4) is 0 Å². The first kappa shape index (κ1) is 31.7. The quantitative estimate of drug-likeness (QED) is 0.355. The minimum Gasteiger partial charge on any atom is -0.379 e. The van der Waals surface area contributed by atoms with E-state index in [1.54, 1.807) is 0 Å². The van der Waals surface area contributed by atoms with E-state index in [1.807, 2.05) is 6.07 Å². The highest BCUT2D eigenvalue weighted by Gasteiger charge is 2.31. The van der Waals surface area contributed by atoms with Crippen LogP contribution in [0.2, 0.25) is 0 Å². The van der Waals surface area contributed by atoms with Gasteiger partial charge in [-0.25, -0.2) is 0 Å².